The third-order valence-electron chi connectivity index (χ3n) is 5.25. The van der Waals surface area contributed by atoms with Gasteiger partial charge in [0.05, 0.1) is 28.2 Å². The molecule has 0 saturated heterocycles. The van der Waals surface area contributed by atoms with Crippen molar-refractivity contribution in [3.63, 3.8) is 0 Å². The van der Waals surface area contributed by atoms with Crippen molar-refractivity contribution in [2.24, 2.45) is 5.92 Å². The number of alkyl halides is 1. The van der Waals surface area contributed by atoms with Crippen LogP contribution in [0.4, 0.5) is 13.9 Å². The minimum Gasteiger partial charge on any atom is -0.302 e. The van der Waals surface area contributed by atoms with Gasteiger partial charge in [0.2, 0.25) is 5.91 Å². The maximum absolute atomic E-state index is 15.2. The van der Waals surface area contributed by atoms with Gasteiger partial charge in [-0.25, -0.2) is 18.7 Å². The zero-order valence-electron chi connectivity index (χ0n) is 16.1. The van der Waals surface area contributed by atoms with Crippen LogP contribution in [0.1, 0.15) is 18.9 Å². The molecule has 2 N–H and O–H groups in total. The first-order valence-electron chi connectivity index (χ1n) is 9.46. The number of hydrogen-bond donors (Lipinski definition) is 2. The zero-order chi connectivity index (χ0) is 21.0. The number of aromatic nitrogens is 4. The van der Waals surface area contributed by atoms with Gasteiger partial charge in [-0.05, 0) is 36.8 Å². The monoisotopic (exact) mass is 445 g/mol. The molecule has 3 heterocycles. The first-order chi connectivity index (χ1) is 14.5. The highest BCUT2D eigenvalue weighted by Crippen LogP contribution is 2.40. The number of anilines is 1. The fourth-order valence-corrected chi connectivity index (χ4v) is 5.13. The van der Waals surface area contributed by atoms with Crippen LogP contribution in [0, 0.1) is 11.7 Å². The number of pyridine rings is 1. The van der Waals surface area contributed by atoms with Crippen LogP contribution >= 0.6 is 23.1 Å². The SMILES string of the molecule is CCc1c(F)c(SC)c2[nH]ncc2c1-c1ccc2nc(NC(=O)C3CC3F)sc2n1. The normalized spacial score (nSPS) is 18.3. The van der Waals surface area contributed by atoms with Crippen molar-refractivity contribution in [3.8, 4) is 11.3 Å². The second-order valence-corrected chi connectivity index (χ2v) is 8.89. The van der Waals surface area contributed by atoms with Crippen molar-refractivity contribution in [3.05, 3.63) is 29.7 Å². The number of halogens is 2. The summed E-state index contributed by atoms with van der Waals surface area (Å²) in [6, 6.07) is 3.59. The predicted octanol–water partition coefficient (Wildman–Crippen LogP) is 4.95. The summed E-state index contributed by atoms with van der Waals surface area (Å²) >= 11 is 2.56. The van der Waals surface area contributed by atoms with Gasteiger partial charge >= 0.3 is 0 Å². The van der Waals surface area contributed by atoms with E-state index >= 15 is 4.39 Å². The molecule has 4 aromatic rings. The largest absolute Gasteiger partial charge is 0.302 e. The molecule has 6 nitrogen and oxygen atoms in total. The highest BCUT2D eigenvalue weighted by atomic mass is 32.2. The Labute approximate surface area is 178 Å². The van der Waals surface area contributed by atoms with Gasteiger partial charge in [-0.1, -0.05) is 18.3 Å². The summed E-state index contributed by atoms with van der Waals surface area (Å²) in [5.41, 5.74) is 3.17. The van der Waals surface area contributed by atoms with Crippen molar-refractivity contribution in [1.82, 2.24) is 20.2 Å². The van der Waals surface area contributed by atoms with Crippen molar-refractivity contribution in [1.29, 1.82) is 0 Å². The summed E-state index contributed by atoms with van der Waals surface area (Å²) < 4.78 is 28.3. The molecule has 30 heavy (non-hydrogen) atoms. The van der Waals surface area contributed by atoms with Gasteiger partial charge in [-0.15, -0.1) is 11.8 Å². The van der Waals surface area contributed by atoms with Gasteiger partial charge in [0.15, 0.2) is 5.13 Å². The van der Waals surface area contributed by atoms with Gasteiger partial charge < -0.3 is 5.32 Å². The molecule has 0 aliphatic heterocycles. The first-order valence-corrected chi connectivity index (χ1v) is 11.5. The third-order valence-corrected chi connectivity index (χ3v) is 6.92. The number of amides is 1. The van der Waals surface area contributed by atoms with Crippen molar-refractivity contribution >= 4 is 55.4 Å². The first kappa shape index (κ1) is 19.4. The van der Waals surface area contributed by atoms with Crippen LogP contribution in [0.3, 0.4) is 0 Å². The number of benzene rings is 1. The van der Waals surface area contributed by atoms with Gasteiger partial charge in [0.1, 0.15) is 22.3 Å². The van der Waals surface area contributed by atoms with Crippen LogP contribution in [0.5, 0.6) is 0 Å². The molecule has 154 valence electrons. The number of rotatable bonds is 5. The lowest BCUT2D eigenvalue weighted by atomic mass is 9.97. The third kappa shape index (κ3) is 3.05. The summed E-state index contributed by atoms with van der Waals surface area (Å²) in [5, 5.41) is 10.9. The van der Waals surface area contributed by atoms with Gasteiger partial charge in [-0.2, -0.15) is 5.10 Å². The van der Waals surface area contributed by atoms with Crippen molar-refractivity contribution in [2.75, 3.05) is 11.6 Å². The lowest BCUT2D eigenvalue weighted by molar-refractivity contribution is -0.117. The van der Waals surface area contributed by atoms with E-state index in [-0.39, 0.29) is 18.1 Å². The van der Waals surface area contributed by atoms with E-state index in [0.29, 0.717) is 49.1 Å². The van der Waals surface area contributed by atoms with Crippen molar-refractivity contribution in [2.45, 2.75) is 30.8 Å². The molecule has 1 saturated carbocycles. The summed E-state index contributed by atoms with van der Waals surface area (Å²) in [4.78, 5) is 22.2. The molecule has 10 heteroatoms. The Bertz CT molecular complexity index is 1300. The number of aromatic amines is 1. The summed E-state index contributed by atoms with van der Waals surface area (Å²) in [7, 11) is 0. The zero-order valence-corrected chi connectivity index (χ0v) is 17.8. The predicted molar refractivity (Wildman–Crippen MR) is 115 cm³/mol. The van der Waals surface area contributed by atoms with Crippen LogP contribution in [0.25, 0.3) is 32.5 Å². The molecule has 1 aliphatic rings. The number of nitrogens with one attached hydrogen (secondary N) is 2. The Morgan fingerprint density at radius 2 is 2.20 bits per heavy atom. The maximum atomic E-state index is 15.2. The standard InChI is InChI=1S/C20H17F2N5OS2/c1-3-8-14(10-7-23-27-16(10)17(29-2)15(8)22)12-4-5-13-19(24-12)30-20(25-13)26-18(28)9-6-11(9)21/h4-5,7,9,11H,3,6H2,1-2H3,(H,23,27)(H,25,26,28). The van der Waals surface area contributed by atoms with E-state index in [0.717, 1.165) is 5.39 Å². The molecular weight excluding hydrogens is 428 g/mol. The Morgan fingerprint density at radius 3 is 2.90 bits per heavy atom. The van der Waals surface area contributed by atoms with Gasteiger partial charge in [0.25, 0.3) is 0 Å². The topological polar surface area (TPSA) is 83.6 Å². The number of fused-ring (bicyclic) bond motifs is 2. The van der Waals surface area contributed by atoms with Crippen LogP contribution < -0.4 is 5.32 Å². The molecule has 5 rings (SSSR count). The van der Waals surface area contributed by atoms with E-state index in [9.17, 15) is 9.18 Å². The fraction of sp³-hybridized carbons (Fsp3) is 0.300. The highest BCUT2D eigenvalue weighted by molar-refractivity contribution is 7.98. The molecule has 1 aliphatic carbocycles. The number of H-pyrrole nitrogens is 1. The molecule has 1 aromatic carbocycles. The molecule has 1 fully saturated rings. The minimum atomic E-state index is -1.06. The maximum Gasteiger partial charge on any atom is 0.232 e. The van der Waals surface area contributed by atoms with E-state index < -0.39 is 12.1 Å². The smallest absolute Gasteiger partial charge is 0.232 e. The number of carbonyl (C=O) groups excluding carboxylic acids is 1. The van der Waals surface area contributed by atoms with Crippen LogP contribution in [-0.4, -0.2) is 38.5 Å². The number of thioether (sulfide) groups is 1. The molecule has 0 spiro atoms. The lowest BCUT2D eigenvalue weighted by Crippen LogP contribution is -2.14. The molecule has 2 atom stereocenters. The number of carbonyl (C=O) groups is 1. The Kier molecular flexibility index (Phi) is 4.70. The average Bonchev–Trinajstić information content (AvgIpc) is 3.12. The van der Waals surface area contributed by atoms with Gasteiger partial charge in [0, 0.05) is 10.9 Å². The molecule has 3 aromatic heterocycles. The van der Waals surface area contributed by atoms with Crippen LogP contribution in [-0.2, 0) is 11.2 Å². The summed E-state index contributed by atoms with van der Waals surface area (Å²) in [6.45, 7) is 1.91. The number of nitrogens with zero attached hydrogens (tertiary/aromatic N) is 3. The average molecular weight is 446 g/mol. The fourth-order valence-electron chi connectivity index (χ4n) is 3.63. The summed E-state index contributed by atoms with van der Waals surface area (Å²) in [6.07, 6.45) is 3.23. The van der Waals surface area contributed by atoms with Crippen molar-refractivity contribution < 1.29 is 13.6 Å². The van der Waals surface area contributed by atoms with E-state index in [1.807, 2.05) is 13.2 Å². The van der Waals surface area contributed by atoms with Crippen LogP contribution in [0.2, 0.25) is 0 Å². The number of thiazole rings is 1. The van der Waals surface area contributed by atoms with E-state index in [2.05, 4.69) is 20.5 Å². The molecular formula is C20H17F2N5OS2. The Morgan fingerprint density at radius 1 is 1.40 bits per heavy atom. The van der Waals surface area contributed by atoms with E-state index in [1.165, 1.54) is 23.1 Å². The minimum absolute atomic E-state index is 0.261. The van der Waals surface area contributed by atoms with Gasteiger partial charge in [-0.3, -0.25) is 9.89 Å². The Balaban J connectivity index is 1.60. The Hall–Kier alpha value is -2.59. The lowest BCUT2D eigenvalue weighted by Gasteiger charge is -2.13. The molecule has 2 unspecified atom stereocenters. The number of hydrogen-bond acceptors (Lipinski definition) is 6. The quantitative estimate of drug-likeness (QED) is 0.425. The second-order valence-electron chi connectivity index (χ2n) is 7.10. The highest BCUT2D eigenvalue weighted by Gasteiger charge is 2.43. The molecule has 0 radical (unpaired) electrons. The second kappa shape index (κ2) is 7.28. The van der Waals surface area contributed by atoms with Crippen LogP contribution in [0.15, 0.2) is 23.2 Å². The summed E-state index contributed by atoms with van der Waals surface area (Å²) in [5.74, 6) is -1.20. The van der Waals surface area contributed by atoms with E-state index in [4.69, 9.17) is 4.98 Å². The molecule has 0 bridgehead atoms. The van der Waals surface area contributed by atoms with E-state index in [1.54, 1.807) is 18.3 Å². The molecule has 1 amide bonds.